The van der Waals surface area contributed by atoms with Crippen LogP contribution in [0.2, 0.25) is 0 Å². The number of anilines is 1. The predicted octanol–water partition coefficient (Wildman–Crippen LogP) is 2.73. The molecular weight excluding hydrogens is 336 g/mol. The Labute approximate surface area is 148 Å². The molecule has 1 aromatic carbocycles. The van der Waals surface area contributed by atoms with Crippen molar-refractivity contribution in [1.29, 1.82) is 5.26 Å². The lowest BCUT2D eigenvalue weighted by molar-refractivity contribution is -0.116. The molecule has 0 atom stereocenters. The summed E-state index contributed by atoms with van der Waals surface area (Å²) in [6.45, 7) is 1.93. The molecule has 7 heteroatoms. The first kappa shape index (κ1) is 16.9. The van der Waals surface area contributed by atoms with Gasteiger partial charge in [0.05, 0.1) is 24.2 Å². The Bertz CT molecular complexity index is 1010. The van der Waals surface area contributed by atoms with Crippen molar-refractivity contribution in [3.05, 3.63) is 57.5 Å². The summed E-state index contributed by atoms with van der Waals surface area (Å²) in [5.41, 5.74) is 1.30. The molecule has 2 heterocycles. The normalized spacial score (nSPS) is 10.6. The van der Waals surface area contributed by atoms with Crippen molar-refractivity contribution < 1.29 is 4.79 Å². The minimum atomic E-state index is -0.303. The number of nitriles is 1. The van der Waals surface area contributed by atoms with Crippen molar-refractivity contribution in [2.75, 3.05) is 5.32 Å². The monoisotopic (exact) mass is 352 g/mol. The zero-order valence-corrected chi connectivity index (χ0v) is 14.5. The minimum absolute atomic E-state index is 0.0982. The molecule has 0 aliphatic heterocycles. The van der Waals surface area contributed by atoms with Crippen molar-refractivity contribution >= 4 is 33.1 Å². The van der Waals surface area contributed by atoms with Crippen LogP contribution in [0.1, 0.15) is 17.4 Å². The maximum absolute atomic E-state index is 12.5. The second-order valence-electron chi connectivity index (χ2n) is 5.54. The van der Waals surface area contributed by atoms with E-state index in [1.54, 1.807) is 24.3 Å². The number of nitrogens with one attached hydrogen (secondary N) is 1. The first-order chi connectivity index (χ1) is 12.1. The summed E-state index contributed by atoms with van der Waals surface area (Å²) < 4.78 is 1.31. The predicted molar refractivity (Wildman–Crippen MR) is 97.6 cm³/mol. The summed E-state index contributed by atoms with van der Waals surface area (Å²) in [6, 6.07) is 11.0. The molecule has 6 nitrogen and oxygen atoms in total. The lowest BCUT2D eigenvalue weighted by Gasteiger charge is -2.07. The fraction of sp³-hybridized carbons (Fsp3) is 0.222. The zero-order valence-electron chi connectivity index (χ0n) is 13.7. The Morgan fingerprint density at radius 1 is 1.36 bits per heavy atom. The van der Waals surface area contributed by atoms with Crippen LogP contribution in [-0.2, 0) is 24.2 Å². The lowest BCUT2D eigenvalue weighted by atomic mass is 10.1. The molecule has 3 aromatic rings. The van der Waals surface area contributed by atoms with Crippen LogP contribution in [0.5, 0.6) is 0 Å². The second kappa shape index (κ2) is 7.28. The summed E-state index contributed by atoms with van der Waals surface area (Å²) >= 11 is 1.50. The molecule has 1 N–H and O–H groups in total. The van der Waals surface area contributed by atoms with Crippen molar-refractivity contribution in [3.63, 3.8) is 0 Å². The van der Waals surface area contributed by atoms with Crippen LogP contribution in [0.3, 0.4) is 0 Å². The maximum Gasteiger partial charge on any atom is 0.262 e. The topological polar surface area (TPSA) is 87.8 Å². The van der Waals surface area contributed by atoms with Gasteiger partial charge in [-0.15, -0.1) is 11.3 Å². The molecule has 0 bridgehead atoms. The van der Waals surface area contributed by atoms with E-state index in [4.69, 9.17) is 5.26 Å². The summed E-state index contributed by atoms with van der Waals surface area (Å²) in [6.07, 6.45) is 2.59. The van der Waals surface area contributed by atoms with E-state index >= 15 is 0 Å². The third-order valence-corrected chi connectivity index (χ3v) is 4.94. The number of aromatic nitrogens is 2. The Hall–Kier alpha value is -2.98. The van der Waals surface area contributed by atoms with Gasteiger partial charge in [0, 0.05) is 10.6 Å². The number of carbonyl (C=O) groups is 1. The van der Waals surface area contributed by atoms with Crippen LogP contribution < -0.4 is 10.9 Å². The van der Waals surface area contributed by atoms with E-state index in [0.29, 0.717) is 22.3 Å². The molecule has 0 aliphatic carbocycles. The highest BCUT2D eigenvalue weighted by atomic mass is 32.1. The molecule has 0 aliphatic rings. The highest BCUT2D eigenvalue weighted by molar-refractivity contribution is 7.18. The number of benzene rings is 1. The standard InChI is InChI=1S/C18H16N4O2S/c1-2-14-9-15-17(25-14)20-11-22(18(15)24)10-16(23)21-13-5-3-12(4-6-13)7-8-19/h3-6,9,11H,2,7,10H2,1H3,(H,21,23). The van der Waals surface area contributed by atoms with Crippen molar-refractivity contribution in [3.8, 4) is 6.07 Å². The smallest absolute Gasteiger partial charge is 0.262 e. The van der Waals surface area contributed by atoms with Crippen molar-refractivity contribution in [2.24, 2.45) is 0 Å². The molecular formula is C18H16N4O2S. The molecule has 0 saturated heterocycles. The van der Waals surface area contributed by atoms with Gasteiger partial charge in [0.15, 0.2) is 0 Å². The Balaban J connectivity index is 1.74. The molecule has 25 heavy (non-hydrogen) atoms. The van der Waals surface area contributed by atoms with Crippen molar-refractivity contribution in [2.45, 2.75) is 26.3 Å². The van der Waals surface area contributed by atoms with Gasteiger partial charge < -0.3 is 5.32 Å². The van der Waals surface area contributed by atoms with Gasteiger partial charge in [-0.2, -0.15) is 5.26 Å². The molecule has 0 spiro atoms. The number of thiophene rings is 1. The highest BCUT2D eigenvalue weighted by Gasteiger charge is 2.11. The number of rotatable bonds is 5. The Morgan fingerprint density at radius 2 is 2.12 bits per heavy atom. The summed E-state index contributed by atoms with van der Waals surface area (Å²) in [4.78, 5) is 30.7. The summed E-state index contributed by atoms with van der Waals surface area (Å²) in [7, 11) is 0. The largest absolute Gasteiger partial charge is 0.325 e. The number of amides is 1. The minimum Gasteiger partial charge on any atom is -0.325 e. The van der Waals surface area contributed by atoms with E-state index in [9.17, 15) is 9.59 Å². The number of carbonyl (C=O) groups excluding carboxylic acids is 1. The van der Waals surface area contributed by atoms with Gasteiger partial charge in [-0.3, -0.25) is 14.2 Å². The quantitative estimate of drug-likeness (QED) is 0.765. The van der Waals surface area contributed by atoms with Crippen molar-refractivity contribution in [1.82, 2.24) is 9.55 Å². The second-order valence-corrected chi connectivity index (χ2v) is 6.66. The van der Waals surface area contributed by atoms with Crippen LogP contribution in [0.15, 0.2) is 41.5 Å². The molecule has 0 radical (unpaired) electrons. The molecule has 0 saturated carbocycles. The highest BCUT2D eigenvalue weighted by Crippen LogP contribution is 2.21. The lowest BCUT2D eigenvalue weighted by Crippen LogP contribution is -2.27. The van der Waals surface area contributed by atoms with Gasteiger partial charge in [0.25, 0.3) is 5.56 Å². The van der Waals surface area contributed by atoms with Crippen LogP contribution in [0, 0.1) is 11.3 Å². The van der Waals surface area contributed by atoms with Gasteiger partial charge in [-0.1, -0.05) is 19.1 Å². The van der Waals surface area contributed by atoms with Gasteiger partial charge >= 0.3 is 0 Å². The third-order valence-electron chi connectivity index (χ3n) is 3.75. The van der Waals surface area contributed by atoms with Crippen LogP contribution >= 0.6 is 11.3 Å². The molecule has 126 valence electrons. The fourth-order valence-corrected chi connectivity index (χ4v) is 3.37. The molecule has 0 unspecified atom stereocenters. The molecule has 2 aromatic heterocycles. The van der Waals surface area contributed by atoms with E-state index in [0.717, 1.165) is 16.9 Å². The number of hydrogen-bond acceptors (Lipinski definition) is 5. The van der Waals surface area contributed by atoms with E-state index in [2.05, 4.69) is 16.4 Å². The number of nitrogens with zero attached hydrogens (tertiary/aromatic N) is 3. The van der Waals surface area contributed by atoms with E-state index in [1.165, 1.54) is 22.2 Å². The third kappa shape index (κ3) is 3.75. The molecule has 0 fully saturated rings. The Kier molecular flexibility index (Phi) is 4.91. The fourth-order valence-electron chi connectivity index (χ4n) is 2.45. The summed E-state index contributed by atoms with van der Waals surface area (Å²) in [5, 5.41) is 12.0. The average Bonchev–Trinajstić information content (AvgIpc) is 3.04. The van der Waals surface area contributed by atoms with Crippen LogP contribution in [0.25, 0.3) is 10.2 Å². The molecule has 1 amide bonds. The van der Waals surface area contributed by atoms with E-state index in [1.807, 2.05) is 13.0 Å². The number of hydrogen-bond donors (Lipinski definition) is 1. The van der Waals surface area contributed by atoms with E-state index < -0.39 is 0 Å². The van der Waals surface area contributed by atoms with Crippen LogP contribution in [-0.4, -0.2) is 15.5 Å². The first-order valence-corrected chi connectivity index (χ1v) is 8.66. The number of fused-ring (bicyclic) bond motifs is 1. The number of aryl methyl sites for hydroxylation is 1. The first-order valence-electron chi connectivity index (χ1n) is 7.84. The average molecular weight is 352 g/mol. The van der Waals surface area contributed by atoms with Gasteiger partial charge in [0.1, 0.15) is 11.4 Å². The van der Waals surface area contributed by atoms with E-state index in [-0.39, 0.29) is 18.0 Å². The maximum atomic E-state index is 12.5. The van der Waals surface area contributed by atoms with Gasteiger partial charge in [-0.25, -0.2) is 4.98 Å². The van der Waals surface area contributed by atoms with Crippen LogP contribution in [0.4, 0.5) is 5.69 Å². The SMILES string of the molecule is CCc1cc2c(=O)n(CC(=O)Nc3ccc(CC#N)cc3)cnc2s1. The van der Waals surface area contributed by atoms with Gasteiger partial charge in [0.2, 0.25) is 5.91 Å². The molecule has 3 rings (SSSR count). The zero-order chi connectivity index (χ0) is 17.8. The Morgan fingerprint density at radius 3 is 2.80 bits per heavy atom. The van der Waals surface area contributed by atoms with Gasteiger partial charge in [-0.05, 0) is 30.2 Å². The summed E-state index contributed by atoms with van der Waals surface area (Å²) in [5.74, 6) is -0.303.